The number of aryl methyl sites for hydroxylation is 2. The second-order valence-electron chi connectivity index (χ2n) is 8.58. The molecular formula is C25H27FN4O2S. The van der Waals surface area contributed by atoms with E-state index in [0.717, 1.165) is 68.1 Å². The fourth-order valence-corrected chi connectivity index (χ4v) is 5.63. The van der Waals surface area contributed by atoms with Crippen LogP contribution in [0.15, 0.2) is 65.7 Å². The number of anilines is 2. The minimum Gasteiger partial charge on any atom is -0.368 e. The van der Waals surface area contributed by atoms with Crippen molar-refractivity contribution in [2.24, 2.45) is 0 Å². The van der Waals surface area contributed by atoms with E-state index in [0.29, 0.717) is 4.90 Å². The van der Waals surface area contributed by atoms with Crippen molar-refractivity contribution in [1.29, 1.82) is 0 Å². The molecule has 0 radical (unpaired) electrons. The zero-order valence-corrected chi connectivity index (χ0v) is 19.2. The van der Waals surface area contributed by atoms with Gasteiger partial charge in [-0.2, -0.15) is 0 Å². The number of fused-ring (bicyclic) bond motifs is 1. The third-order valence-corrected chi connectivity index (χ3v) is 7.85. The van der Waals surface area contributed by atoms with Crippen LogP contribution in [-0.4, -0.2) is 39.6 Å². The maximum absolute atomic E-state index is 13.2. The summed E-state index contributed by atoms with van der Waals surface area (Å²) >= 11 is 0. The third kappa shape index (κ3) is 4.86. The summed E-state index contributed by atoms with van der Waals surface area (Å²) in [6.07, 6.45) is 4.78. The number of piperazine rings is 1. The van der Waals surface area contributed by atoms with E-state index in [1.165, 1.54) is 17.7 Å². The molecular weight excluding hydrogens is 439 g/mol. The molecule has 1 aliphatic heterocycles. The number of aromatic nitrogens is 1. The predicted octanol–water partition coefficient (Wildman–Crippen LogP) is 3.51. The molecule has 5 rings (SSSR count). The van der Waals surface area contributed by atoms with Gasteiger partial charge in [-0.3, -0.25) is 0 Å². The highest BCUT2D eigenvalue weighted by molar-refractivity contribution is 7.89. The first-order valence-electron chi connectivity index (χ1n) is 11.3. The molecule has 1 N–H and O–H groups in total. The molecule has 2 heterocycles. The van der Waals surface area contributed by atoms with Gasteiger partial charge < -0.3 is 9.80 Å². The number of nitrogens with zero attached hydrogens (tertiary/aromatic N) is 3. The SMILES string of the molecule is O=S(=O)(NCc1ccnc(N2CCN(c3ccc(F)cc3)CC2)c1)c1ccc2c(c1)CCC2. The lowest BCUT2D eigenvalue weighted by Gasteiger charge is -2.36. The van der Waals surface area contributed by atoms with Crippen molar-refractivity contribution in [3.63, 3.8) is 0 Å². The Labute approximate surface area is 194 Å². The molecule has 172 valence electrons. The Morgan fingerprint density at radius 1 is 0.879 bits per heavy atom. The van der Waals surface area contributed by atoms with Gasteiger partial charge in [0.2, 0.25) is 10.0 Å². The average Bonchev–Trinajstić information content (AvgIpc) is 3.32. The van der Waals surface area contributed by atoms with Crippen LogP contribution in [0.1, 0.15) is 23.1 Å². The number of hydrogen-bond acceptors (Lipinski definition) is 5. The molecule has 3 aromatic rings. The standard InChI is InChI=1S/C25H27FN4O2S/c26-22-5-7-23(8-6-22)29-12-14-30(15-13-29)25-16-19(10-11-27-25)18-28-33(31,32)24-9-4-20-2-1-3-21(20)17-24/h4-11,16-17,28H,1-3,12-15,18H2. The minimum absolute atomic E-state index is 0.213. The molecule has 0 bridgehead atoms. The van der Waals surface area contributed by atoms with Gasteiger partial charge in [-0.05, 0) is 84.5 Å². The zero-order chi connectivity index (χ0) is 22.8. The molecule has 1 aromatic heterocycles. The maximum Gasteiger partial charge on any atom is 0.240 e. The van der Waals surface area contributed by atoms with E-state index >= 15 is 0 Å². The smallest absolute Gasteiger partial charge is 0.240 e. The Bertz CT molecular complexity index is 1240. The van der Waals surface area contributed by atoms with Gasteiger partial charge in [-0.15, -0.1) is 0 Å². The summed E-state index contributed by atoms with van der Waals surface area (Å²) in [6.45, 7) is 3.40. The van der Waals surface area contributed by atoms with E-state index in [9.17, 15) is 12.8 Å². The molecule has 1 fully saturated rings. The molecule has 0 saturated carbocycles. The number of hydrogen-bond donors (Lipinski definition) is 1. The zero-order valence-electron chi connectivity index (χ0n) is 18.4. The predicted molar refractivity (Wildman–Crippen MR) is 128 cm³/mol. The lowest BCUT2D eigenvalue weighted by molar-refractivity contribution is 0.581. The van der Waals surface area contributed by atoms with Gasteiger partial charge in [0, 0.05) is 44.6 Å². The van der Waals surface area contributed by atoms with Crippen LogP contribution in [0, 0.1) is 5.82 Å². The highest BCUT2D eigenvalue weighted by Gasteiger charge is 2.20. The second-order valence-corrected chi connectivity index (χ2v) is 10.3. The fourth-order valence-electron chi connectivity index (χ4n) is 4.57. The molecule has 1 aliphatic carbocycles. The Balaban J connectivity index is 1.21. The van der Waals surface area contributed by atoms with Crippen molar-refractivity contribution < 1.29 is 12.8 Å². The van der Waals surface area contributed by atoms with Crippen molar-refractivity contribution in [2.45, 2.75) is 30.7 Å². The average molecular weight is 467 g/mol. The summed E-state index contributed by atoms with van der Waals surface area (Å²) in [4.78, 5) is 9.24. The summed E-state index contributed by atoms with van der Waals surface area (Å²) in [5.74, 6) is 0.605. The summed E-state index contributed by atoms with van der Waals surface area (Å²) < 4.78 is 41.6. The number of benzene rings is 2. The Morgan fingerprint density at radius 3 is 2.39 bits per heavy atom. The maximum atomic E-state index is 13.2. The summed E-state index contributed by atoms with van der Waals surface area (Å²) in [5, 5.41) is 0. The van der Waals surface area contributed by atoms with Crippen molar-refractivity contribution >= 4 is 21.5 Å². The molecule has 0 amide bonds. The lowest BCUT2D eigenvalue weighted by atomic mass is 10.1. The topological polar surface area (TPSA) is 65.5 Å². The Morgan fingerprint density at radius 2 is 1.61 bits per heavy atom. The molecule has 2 aliphatic rings. The van der Waals surface area contributed by atoms with Crippen LogP contribution in [0.25, 0.3) is 0 Å². The van der Waals surface area contributed by atoms with Gasteiger partial charge in [0.1, 0.15) is 11.6 Å². The van der Waals surface area contributed by atoms with Gasteiger partial charge in [-0.1, -0.05) is 6.07 Å². The van der Waals surface area contributed by atoms with Crippen LogP contribution in [0.5, 0.6) is 0 Å². The van der Waals surface area contributed by atoms with Crippen LogP contribution >= 0.6 is 0 Å². The third-order valence-electron chi connectivity index (χ3n) is 6.45. The van der Waals surface area contributed by atoms with Gasteiger partial charge in [0.05, 0.1) is 4.90 Å². The lowest BCUT2D eigenvalue weighted by Crippen LogP contribution is -2.46. The number of sulfonamides is 1. The quantitative estimate of drug-likeness (QED) is 0.602. The molecule has 0 unspecified atom stereocenters. The van der Waals surface area contributed by atoms with Gasteiger partial charge in [0.25, 0.3) is 0 Å². The van der Waals surface area contributed by atoms with E-state index < -0.39 is 10.0 Å². The monoisotopic (exact) mass is 466 g/mol. The van der Waals surface area contributed by atoms with Crippen LogP contribution in [0.4, 0.5) is 15.9 Å². The number of nitrogens with one attached hydrogen (secondary N) is 1. The fraction of sp³-hybridized carbons (Fsp3) is 0.320. The summed E-state index contributed by atoms with van der Waals surface area (Å²) in [6, 6.07) is 15.8. The molecule has 0 spiro atoms. The van der Waals surface area contributed by atoms with Crippen molar-refractivity contribution in [1.82, 2.24) is 9.71 Å². The van der Waals surface area contributed by atoms with Crippen molar-refractivity contribution in [3.8, 4) is 0 Å². The van der Waals surface area contributed by atoms with Gasteiger partial charge in [0.15, 0.2) is 0 Å². The number of pyridine rings is 1. The Hall–Kier alpha value is -2.97. The normalized spacial score (nSPS) is 16.2. The first-order valence-corrected chi connectivity index (χ1v) is 12.8. The van der Waals surface area contributed by atoms with Gasteiger partial charge >= 0.3 is 0 Å². The molecule has 8 heteroatoms. The van der Waals surface area contributed by atoms with Crippen LogP contribution in [0.3, 0.4) is 0 Å². The first-order chi connectivity index (χ1) is 16.0. The second kappa shape index (κ2) is 9.11. The molecule has 33 heavy (non-hydrogen) atoms. The van der Waals surface area contributed by atoms with Crippen LogP contribution in [-0.2, 0) is 29.4 Å². The van der Waals surface area contributed by atoms with Crippen LogP contribution < -0.4 is 14.5 Å². The first kappa shape index (κ1) is 21.9. The number of rotatable bonds is 6. The van der Waals surface area contributed by atoms with E-state index in [4.69, 9.17) is 0 Å². The molecule has 0 atom stereocenters. The minimum atomic E-state index is -3.58. The Kier molecular flexibility index (Phi) is 6.03. The van der Waals surface area contributed by atoms with Crippen molar-refractivity contribution in [3.05, 3.63) is 83.3 Å². The summed E-state index contributed by atoms with van der Waals surface area (Å²) in [5.41, 5.74) is 4.28. The molecule has 1 saturated heterocycles. The number of halogens is 1. The van der Waals surface area contributed by atoms with Gasteiger partial charge in [-0.25, -0.2) is 22.5 Å². The largest absolute Gasteiger partial charge is 0.368 e. The molecule has 6 nitrogen and oxygen atoms in total. The van der Waals surface area contributed by atoms with Crippen molar-refractivity contribution in [2.75, 3.05) is 36.0 Å². The molecule has 2 aromatic carbocycles. The van der Waals surface area contributed by atoms with E-state index in [2.05, 4.69) is 19.5 Å². The van der Waals surface area contributed by atoms with Crippen LogP contribution in [0.2, 0.25) is 0 Å². The van der Waals surface area contributed by atoms with E-state index in [1.807, 2.05) is 24.3 Å². The van der Waals surface area contributed by atoms with E-state index in [1.54, 1.807) is 24.4 Å². The van der Waals surface area contributed by atoms with E-state index in [-0.39, 0.29) is 12.4 Å². The highest BCUT2D eigenvalue weighted by atomic mass is 32.2. The summed E-state index contributed by atoms with van der Waals surface area (Å²) in [7, 11) is -3.58. The highest BCUT2D eigenvalue weighted by Crippen LogP contribution is 2.25.